The van der Waals surface area contributed by atoms with Crippen LogP contribution in [0.3, 0.4) is 0 Å². The van der Waals surface area contributed by atoms with E-state index in [4.69, 9.17) is 5.26 Å². The van der Waals surface area contributed by atoms with E-state index in [-0.39, 0.29) is 17.8 Å². The summed E-state index contributed by atoms with van der Waals surface area (Å²) in [5.74, 6) is -1.12. The zero-order valence-electron chi connectivity index (χ0n) is 9.85. The average Bonchev–Trinajstić information content (AvgIpc) is 2.74. The lowest BCUT2D eigenvalue weighted by Crippen LogP contribution is -2.23. The van der Waals surface area contributed by atoms with Gasteiger partial charge in [0.25, 0.3) is 0 Å². The molecule has 0 saturated carbocycles. The number of halogens is 1. The Kier molecular flexibility index (Phi) is 3.15. The van der Waals surface area contributed by atoms with Crippen LogP contribution in [0.25, 0.3) is 0 Å². The van der Waals surface area contributed by atoms with E-state index in [1.54, 1.807) is 11.8 Å². The third-order valence-electron chi connectivity index (χ3n) is 3.09. The number of alkyl halides is 1. The molecule has 0 spiro atoms. The molecule has 0 aromatic carbocycles. The summed E-state index contributed by atoms with van der Waals surface area (Å²) in [6.45, 7) is 2.18. The largest absolute Gasteiger partial charge is 0.478 e. The lowest BCUT2D eigenvalue weighted by Gasteiger charge is -2.20. The molecule has 0 amide bonds. The standard InChI is InChI=1S/C12H12FN3O2/c1-7-9(4-14)15-5-10(11(7)12(17)18)16-3-2-8(13)6-16/h5,8H,2-3,6H2,1H3,(H,17,18). The lowest BCUT2D eigenvalue weighted by atomic mass is 10.1. The average molecular weight is 249 g/mol. The van der Waals surface area contributed by atoms with Crippen molar-refractivity contribution in [2.24, 2.45) is 0 Å². The van der Waals surface area contributed by atoms with Gasteiger partial charge in [-0.2, -0.15) is 5.26 Å². The summed E-state index contributed by atoms with van der Waals surface area (Å²) in [4.78, 5) is 16.9. The van der Waals surface area contributed by atoms with Crippen LogP contribution in [0.15, 0.2) is 6.20 Å². The Balaban J connectivity index is 2.51. The summed E-state index contributed by atoms with van der Waals surface area (Å²) in [6.07, 6.45) is 0.785. The predicted molar refractivity (Wildman–Crippen MR) is 62.4 cm³/mol. The SMILES string of the molecule is Cc1c(C#N)ncc(N2CCC(F)C2)c1C(=O)O. The molecule has 1 unspecified atom stereocenters. The van der Waals surface area contributed by atoms with Gasteiger partial charge < -0.3 is 10.0 Å². The van der Waals surface area contributed by atoms with Gasteiger partial charge in [-0.15, -0.1) is 0 Å². The molecule has 1 aromatic heterocycles. The second-order valence-corrected chi connectivity index (χ2v) is 4.24. The molecule has 0 radical (unpaired) electrons. The molecule has 94 valence electrons. The Hall–Kier alpha value is -2.16. The van der Waals surface area contributed by atoms with E-state index in [0.717, 1.165) is 0 Å². The molecule has 1 atom stereocenters. The van der Waals surface area contributed by atoms with Crippen molar-refractivity contribution in [2.45, 2.75) is 19.5 Å². The van der Waals surface area contributed by atoms with Crippen molar-refractivity contribution in [1.82, 2.24) is 4.98 Å². The molecule has 5 nitrogen and oxygen atoms in total. The van der Waals surface area contributed by atoms with Crippen molar-refractivity contribution >= 4 is 11.7 Å². The van der Waals surface area contributed by atoms with Gasteiger partial charge in [-0.3, -0.25) is 0 Å². The first kappa shape index (κ1) is 12.3. The second kappa shape index (κ2) is 4.61. The van der Waals surface area contributed by atoms with Crippen LogP contribution >= 0.6 is 0 Å². The molecular formula is C12H12FN3O2. The zero-order chi connectivity index (χ0) is 13.3. The van der Waals surface area contributed by atoms with Gasteiger partial charge >= 0.3 is 5.97 Å². The minimum absolute atomic E-state index is 0.0376. The number of hydrogen-bond acceptors (Lipinski definition) is 4. The maximum absolute atomic E-state index is 13.2. The summed E-state index contributed by atoms with van der Waals surface area (Å²) in [7, 11) is 0. The van der Waals surface area contributed by atoms with Crippen molar-refractivity contribution in [1.29, 1.82) is 5.26 Å². The van der Waals surface area contributed by atoms with Crippen LogP contribution in [0, 0.1) is 18.3 Å². The zero-order valence-corrected chi connectivity index (χ0v) is 9.85. The van der Waals surface area contributed by atoms with Crippen molar-refractivity contribution in [3.63, 3.8) is 0 Å². The van der Waals surface area contributed by atoms with E-state index < -0.39 is 12.1 Å². The molecular weight excluding hydrogens is 237 g/mol. The third kappa shape index (κ3) is 1.99. The molecule has 1 aliphatic rings. The first-order valence-corrected chi connectivity index (χ1v) is 5.56. The first-order valence-electron chi connectivity index (χ1n) is 5.56. The van der Waals surface area contributed by atoms with E-state index in [9.17, 15) is 14.3 Å². The van der Waals surface area contributed by atoms with Gasteiger partial charge in [-0.1, -0.05) is 0 Å². The van der Waals surface area contributed by atoms with Crippen LogP contribution in [0.2, 0.25) is 0 Å². The number of carbonyl (C=O) groups is 1. The van der Waals surface area contributed by atoms with E-state index in [2.05, 4.69) is 4.98 Å². The third-order valence-corrected chi connectivity index (χ3v) is 3.09. The van der Waals surface area contributed by atoms with E-state index >= 15 is 0 Å². The Labute approximate surface area is 103 Å². The van der Waals surface area contributed by atoms with Crippen LogP contribution in [0.4, 0.5) is 10.1 Å². The number of nitriles is 1. The number of carboxylic acid groups (broad SMARTS) is 1. The second-order valence-electron chi connectivity index (χ2n) is 4.24. The monoisotopic (exact) mass is 249 g/mol. The molecule has 2 heterocycles. The first-order chi connectivity index (χ1) is 8.54. The summed E-state index contributed by atoms with van der Waals surface area (Å²) in [5, 5.41) is 18.1. The molecule has 2 rings (SSSR count). The summed E-state index contributed by atoms with van der Waals surface area (Å²) in [6, 6.07) is 1.85. The highest BCUT2D eigenvalue weighted by Gasteiger charge is 2.27. The predicted octanol–water partition coefficient (Wildman–Crippen LogP) is 1.51. The number of hydrogen-bond donors (Lipinski definition) is 1. The number of pyridine rings is 1. The van der Waals surface area contributed by atoms with Gasteiger partial charge in [0, 0.05) is 18.7 Å². The normalized spacial score (nSPS) is 18.7. The summed E-state index contributed by atoms with van der Waals surface area (Å²) >= 11 is 0. The van der Waals surface area contributed by atoms with E-state index in [0.29, 0.717) is 24.2 Å². The minimum atomic E-state index is -1.12. The van der Waals surface area contributed by atoms with Crippen molar-refractivity contribution in [3.8, 4) is 6.07 Å². The Morgan fingerprint density at radius 3 is 2.94 bits per heavy atom. The number of rotatable bonds is 2. The highest BCUT2D eigenvalue weighted by atomic mass is 19.1. The number of anilines is 1. The molecule has 1 aliphatic heterocycles. The molecule has 6 heteroatoms. The number of aromatic nitrogens is 1. The topological polar surface area (TPSA) is 77.2 Å². The number of nitrogens with zero attached hydrogens (tertiary/aromatic N) is 3. The van der Waals surface area contributed by atoms with E-state index in [1.807, 2.05) is 6.07 Å². The molecule has 1 N–H and O–H groups in total. The van der Waals surface area contributed by atoms with Gasteiger partial charge in [-0.05, 0) is 13.3 Å². The molecule has 0 bridgehead atoms. The van der Waals surface area contributed by atoms with Crippen molar-refractivity contribution in [2.75, 3.05) is 18.0 Å². The van der Waals surface area contributed by atoms with E-state index in [1.165, 1.54) is 6.20 Å². The van der Waals surface area contributed by atoms with Crippen LogP contribution in [-0.4, -0.2) is 35.3 Å². The Bertz CT molecular complexity index is 539. The fraction of sp³-hybridized carbons (Fsp3) is 0.417. The van der Waals surface area contributed by atoms with Crippen molar-refractivity contribution < 1.29 is 14.3 Å². The van der Waals surface area contributed by atoms with Crippen LogP contribution in [0.5, 0.6) is 0 Å². The lowest BCUT2D eigenvalue weighted by molar-refractivity contribution is 0.0696. The molecule has 1 aromatic rings. The quantitative estimate of drug-likeness (QED) is 0.859. The summed E-state index contributed by atoms with van der Waals surface area (Å²) in [5.41, 5.74) is 0.840. The number of carboxylic acids is 1. The fourth-order valence-electron chi connectivity index (χ4n) is 2.16. The maximum Gasteiger partial charge on any atom is 0.338 e. The minimum Gasteiger partial charge on any atom is -0.478 e. The smallest absolute Gasteiger partial charge is 0.338 e. The van der Waals surface area contributed by atoms with Crippen LogP contribution < -0.4 is 4.90 Å². The molecule has 18 heavy (non-hydrogen) atoms. The van der Waals surface area contributed by atoms with Gasteiger partial charge in [-0.25, -0.2) is 14.2 Å². The molecule has 0 aliphatic carbocycles. The molecule has 1 saturated heterocycles. The fourth-order valence-corrected chi connectivity index (χ4v) is 2.16. The van der Waals surface area contributed by atoms with Gasteiger partial charge in [0.1, 0.15) is 17.9 Å². The highest BCUT2D eigenvalue weighted by Crippen LogP contribution is 2.28. The summed E-state index contributed by atoms with van der Waals surface area (Å²) < 4.78 is 13.2. The van der Waals surface area contributed by atoms with Gasteiger partial charge in [0.15, 0.2) is 0 Å². The van der Waals surface area contributed by atoms with Crippen molar-refractivity contribution in [3.05, 3.63) is 23.0 Å². The van der Waals surface area contributed by atoms with Crippen LogP contribution in [0.1, 0.15) is 28.0 Å². The maximum atomic E-state index is 13.2. The number of aromatic carboxylic acids is 1. The highest BCUT2D eigenvalue weighted by molar-refractivity contribution is 5.96. The van der Waals surface area contributed by atoms with Crippen LogP contribution in [-0.2, 0) is 0 Å². The van der Waals surface area contributed by atoms with Gasteiger partial charge in [0.05, 0.1) is 17.4 Å². The Morgan fingerprint density at radius 2 is 2.44 bits per heavy atom. The van der Waals surface area contributed by atoms with Gasteiger partial charge in [0.2, 0.25) is 0 Å². The Morgan fingerprint density at radius 1 is 1.72 bits per heavy atom. The molecule has 1 fully saturated rings.